The van der Waals surface area contributed by atoms with Gasteiger partial charge in [-0.25, -0.2) is 13.2 Å². The Kier molecular flexibility index (Phi) is 5.03. The van der Waals surface area contributed by atoms with E-state index in [0.29, 0.717) is 19.0 Å². The Balaban J connectivity index is 1.70. The fraction of sp³-hybridized carbons (Fsp3) is 0.333. The molecule has 0 radical (unpaired) electrons. The fourth-order valence-corrected chi connectivity index (χ4v) is 3.14. The van der Waals surface area contributed by atoms with Crippen molar-refractivity contribution in [2.45, 2.75) is 24.8 Å². The van der Waals surface area contributed by atoms with Gasteiger partial charge in [0, 0.05) is 49.9 Å². The molecule has 0 aliphatic carbocycles. The number of nitrogens with zero attached hydrogens (tertiary/aromatic N) is 2. The van der Waals surface area contributed by atoms with Crippen molar-refractivity contribution in [3.05, 3.63) is 65.2 Å². The molecule has 1 fully saturated rings. The van der Waals surface area contributed by atoms with Crippen molar-refractivity contribution < 1.29 is 18.0 Å². The first-order chi connectivity index (χ1) is 12.0. The molecule has 2 N–H and O–H groups in total. The molecular formula is C18H18F3N3O. The number of rotatable bonds is 4. The summed E-state index contributed by atoms with van der Waals surface area (Å²) < 4.78 is 40.5. The number of carbonyl (C=O) groups excluding carboxylic acids is 1. The summed E-state index contributed by atoms with van der Waals surface area (Å²) in [5, 5.41) is 0. The summed E-state index contributed by atoms with van der Waals surface area (Å²) in [5.41, 5.74) is 7.10. The normalized spacial score (nSPS) is 20.8. The number of likely N-dealkylation sites (tertiary alicyclic amines) is 1. The van der Waals surface area contributed by atoms with E-state index >= 15 is 0 Å². The van der Waals surface area contributed by atoms with Crippen LogP contribution in [0.5, 0.6) is 0 Å². The van der Waals surface area contributed by atoms with E-state index in [9.17, 15) is 18.0 Å². The molecule has 0 spiro atoms. The van der Waals surface area contributed by atoms with Gasteiger partial charge < -0.3 is 10.6 Å². The second kappa shape index (κ2) is 7.23. The molecule has 1 aliphatic heterocycles. The van der Waals surface area contributed by atoms with Crippen LogP contribution in [0.3, 0.4) is 0 Å². The van der Waals surface area contributed by atoms with Crippen LogP contribution in [-0.4, -0.2) is 34.9 Å². The van der Waals surface area contributed by atoms with Gasteiger partial charge in [0.05, 0.1) is 0 Å². The van der Waals surface area contributed by atoms with E-state index < -0.39 is 29.4 Å². The lowest BCUT2D eigenvalue weighted by atomic mass is 9.85. The van der Waals surface area contributed by atoms with Crippen molar-refractivity contribution >= 4 is 5.91 Å². The monoisotopic (exact) mass is 349 g/mol. The quantitative estimate of drug-likeness (QED) is 0.863. The molecule has 7 heteroatoms. The third-order valence-corrected chi connectivity index (χ3v) is 4.55. The van der Waals surface area contributed by atoms with Crippen LogP contribution in [0.25, 0.3) is 0 Å². The number of carbonyl (C=O) groups is 1. The van der Waals surface area contributed by atoms with Crippen LogP contribution < -0.4 is 5.73 Å². The minimum absolute atomic E-state index is 0.0283. The van der Waals surface area contributed by atoms with Gasteiger partial charge in [-0.3, -0.25) is 9.78 Å². The predicted molar refractivity (Wildman–Crippen MR) is 86.2 cm³/mol. The zero-order chi connectivity index (χ0) is 18.0. The molecule has 1 aromatic carbocycles. The van der Waals surface area contributed by atoms with Crippen LogP contribution in [0.4, 0.5) is 13.2 Å². The molecule has 0 saturated carbocycles. The molecule has 1 saturated heterocycles. The molecular weight excluding hydrogens is 331 g/mol. The van der Waals surface area contributed by atoms with Crippen LogP contribution in [0.1, 0.15) is 23.5 Å². The highest BCUT2D eigenvalue weighted by atomic mass is 19.2. The SMILES string of the molecule is N[C@H]1CN(CCc2ccncc2)C(=O)C[C@@H]1c1cc(F)c(F)cc1F. The second-order valence-electron chi connectivity index (χ2n) is 6.21. The van der Waals surface area contributed by atoms with Crippen LogP contribution in [0.2, 0.25) is 0 Å². The van der Waals surface area contributed by atoms with Gasteiger partial charge in [0.1, 0.15) is 5.82 Å². The molecule has 2 atom stereocenters. The fourth-order valence-electron chi connectivity index (χ4n) is 3.14. The van der Waals surface area contributed by atoms with Gasteiger partial charge in [0.2, 0.25) is 5.91 Å². The summed E-state index contributed by atoms with van der Waals surface area (Å²) in [6.07, 6.45) is 3.99. The topological polar surface area (TPSA) is 59.2 Å². The molecule has 1 aromatic heterocycles. The Morgan fingerprint density at radius 1 is 1.12 bits per heavy atom. The molecule has 1 amide bonds. The average molecular weight is 349 g/mol. The highest BCUT2D eigenvalue weighted by Crippen LogP contribution is 2.31. The Morgan fingerprint density at radius 2 is 1.80 bits per heavy atom. The Morgan fingerprint density at radius 3 is 2.52 bits per heavy atom. The molecule has 0 bridgehead atoms. The van der Waals surface area contributed by atoms with Gasteiger partial charge in [-0.2, -0.15) is 0 Å². The maximum atomic E-state index is 14.0. The minimum Gasteiger partial charge on any atom is -0.341 e. The van der Waals surface area contributed by atoms with Gasteiger partial charge in [0.15, 0.2) is 11.6 Å². The van der Waals surface area contributed by atoms with Crippen molar-refractivity contribution in [3.8, 4) is 0 Å². The zero-order valence-electron chi connectivity index (χ0n) is 13.5. The number of nitrogens with two attached hydrogens (primary N) is 1. The van der Waals surface area contributed by atoms with Gasteiger partial charge >= 0.3 is 0 Å². The van der Waals surface area contributed by atoms with Crippen LogP contribution in [0, 0.1) is 17.5 Å². The second-order valence-corrected chi connectivity index (χ2v) is 6.21. The van der Waals surface area contributed by atoms with Gasteiger partial charge in [-0.05, 0) is 35.7 Å². The number of aromatic nitrogens is 1. The number of amides is 1. The van der Waals surface area contributed by atoms with E-state index in [2.05, 4.69) is 4.98 Å². The summed E-state index contributed by atoms with van der Waals surface area (Å²) in [4.78, 5) is 17.9. The molecule has 2 aromatic rings. The van der Waals surface area contributed by atoms with Gasteiger partial charge in [0.25, 0.3) is 0 Å². The smallest absolute Gasteiger partial charge is 0.223 e. The van der Waals surface area contributed by atoms with Gasteiger partial charge in [-0.15, -0.1) is 0 Å². The number of halogens is 3. The Hall–Kier alpha value is -2.41. The summed E-state index contributed by atoms with van der Waals surface area (Å²) in [7, 11) is 0. The van der Waals surface area contributed by atoms with E-state index in [0.717, 1.165) is 11.6 Å². The van der Waals surface area contributed by atoms with E-state index in [1.165, 1.54) is 0 Å². The van der Waals surface area contributed by atoms with Crippen molar-refractivity contribution in [3.63, 3.8) is 0 Å². The molecule has 25 heavy (non-hydrogen) atoms. The number of piperidine rings is 1. The van der Waals surface area contributed by atoms with Crippen LogP contribution in [-0.2, 0) is 11.2 Å². The largest absolute Gasteiger partial charge is 0.341 e. The molecule has 1 aliphatic rings. The van der Waals surface area contributed by atoms with Crippen LogP contribution in [0.15, 0.2) is 36.7 Å². The first-order valence-electron chi connectivity index (χ1n) is 8.02. The Bertz CT molecular complexity index is 770. The highest BCUT2D eigenvalue weighted by Gasteiger charge is 2.34. The lowest BCUT2D eigenvalue weighted by molar-refractivity contribution is -0.134. The third kappa shape index (κ3) is 3.82. The van der Waals surface area contributed by atoms with E-state index in [1.54, 1.807) is 17.3 Å². The van der Waals surface area contributed by atoms with Crippen molar-refractivity contribution in [1.82, 2.24) is 9.88 Å². The average Bonchev–Trinajstić information content (AvgIpc) is 2.59. The highest BCUT2D eigenvalue weighted by molar-refractivity contribution is 5.78. The number of benzene rings is 1. The summed E-state index contributed by atoms with van der Waals surface area (Å²) in [6, 6.07) is 4.49. The number of hydrogen-bond acceptors (Lipinski definition) is 3. The predicted octanol–water partition coefficient (Wildman–Crippen LogP) is 2.38. The van der Waals surface area contributed by atoms with Crippen molar-refractivity contribution in [1.29, 1.82) is 0 Å². The maximum Gasteiger partial charge on any atom is 0.223 e. The minimum atomic E-state index is -1.25. The molecule has 132 valence electrons. The summed E-state index contributed by atoms with van der Waals surface area (Å²) in [5.74, 6) is -4.12. The number of pyridine rings is 1. The van der Waals surface area contributed by atoms with Gasteiger partial charge in [-0.1, -0.05) is 0 Å². The number of hydrogen-bond donors (Lipinski definition) is 1. The summed E-state index contributed by atoms with van der Waals surface area (Å²) >= 11 is 0. The maximum absolute atomic E-state index is 14.0. The van der Waals surface area contributed by atoms with Crippen molar-refractivity contribution in [2.75, 3.05) is 13.1 Å². The standard InChI is InChI=1S/C18H18F3N3O/c19-14-9-16(21)15(20)7-12(14)13-8-18(25)24(10-17(13)22)6-3-11-1-4-23-5-2-11/h1-2,4-5,7,9,13,17H,3,6,8,10,22H2/t13-,17+/m1/s1. The van der Waals surface area contributed by atoms with Crippen molar-refractivity contribution in [2.24, 2.45) is 5.73 Å². The first kappa shape index (κ1) is 17.4. The molecule has 4 nitrogen and oxygen atoms in total. The summed E-state index contributed by atoms with van der Waals surface area (Å²) in [6.45, 7) is 0.733. The lowest BCUT2D eigenvalue weighted by Gasteiger charge is -2.36. The first-order valence-corrected chi connectivity index (χ1v) is 8.02. The lowest BCUT2D eigenvalue weighted by Crippen LogP contribution is -2.51. The molecule has 0 unspecified atom stereocenters. The molecule has 3 rings (SSSR count). The van der Waals surface area contributed by atoms with E-state index in [4.69, 9.17) is 5.73 Å². The molecule has 2 heterocycles. The zero-order valence-corrected chi connectivity index (χ0v) is 13.5. The van der Waals surface area contributed by atoms with Crippen LogP contribution >= 0.6 is 0 Å². The Labute approximate surface area is 143 Å². The third-order valence-electron chi connectivity index (χ3n) is 4.55. The van der Waals surface area contributed by atoms with E-state index in [1.807, 2.05) is 12.1 Å². The van der Waals surface area contributed by atoms with E-state index in [-0.39, 0.29) is 24.4 Å².